The van der Waals surface area contributed by atoms with Crippen molar-refractivity contribution in [2.45, 2.75) is 20.3 Å². The average molecular weight is 292 g/mol. The number of anilines is 1. The highest BCUT2D eigenvalue weighted by atomic mass is 35.5. The lowest BCUT2D eigenvalue weighted by Gasteiger charge is -2.11. The van der Waals surface area contributed by atoms with Crippen molar-refractivity contribution in [2.75, 3.05) is 12.3 Å². The molecule has 20 heavy (non-hydrogen) atoms. The third kappa shape index (κ3) is 3.58. The van der Waals surface area contributed by atoms with Gasteiger partial charge in [0.15, 0.2) is 0 Å². The number of rotatable bonds is 5. The monoisotopic (exact) mass is 291 g/mol. The number of halogens is 1. The second-order valence-corrected chi connectivity index (χ2v) is 4.97. The van der Waals surface area contributed by atoms with Gasteiger partial charge in [0.2, 0.25) is 0 Å². The van der Waals surface area contributed by atoms with Crippen molar-refractivity contribution < 1.29 is 9.47 Å². The minimum absolute atomic E-state index is 0.609. The molecule has 2 rings (SSSR count). The molecule has 0 saturated carbocycles. The molecule has 2 aromatic rings. The Hall–Kier alpha value is -1.87. The van der Waals surface area contributed by atoms with E-state index in [9.17, 15) is 0 Å². The number of hydrogen-bond acceptors (Lipinski definition) is 3. The van der Waals surface area contributed by atoms with E-state index in [1.54, 1.807) is 12.1 Å². The molecule has 0 amide bonds. The zero-order chi connectivity index (χ0) is 14.5. The third-order valence-corrected chi connectivity index (χ3v) is 3.24. The maximum Gasteiger partial charge on any atom is 0.145 e. The summed E-state index contributed by atoms with van der Waals surface area (Å²) in [6.45, 7) is 4.62. The molecule has 0 heterocycles. The van der Waals surface area contributed by atoms with E-state index in [1.165, 1.54) is 0 Å². The zero-order valence-corrected chi connectivity index (χ0v) is 12.4. The van der Waals surface area contributed by atoms with Gasteiger partial charge in [-0.3, -0.25) is 0 Å². The SMILES string of the molecule is CCCOc1cc(Oc2ccc(Cl)c(C)c2)ccc1N. The molecule has 0 aliphatic rings. The highest BCUT2D eigenvalue weighted by Crippen LogP contribution is 2.31. The van der Waals surface area contributed by atoms with Crippen molar-refractivity contribution >= 4 is 17.3 Å². The van der Waals surface area contributed by atoms with Gasteiger partial charge in [0, 0.05) is 11.1 Å². The summed E-state index contributed by atoms with van der Waals surface area (Å²) in [6.07, 6.45) is 0.931. The summed E-state index contributed by atoms with van der Waals surface area (Å²) in [7, 11) is 0. The van der Waals surface area contributed by atoms with Crippen LogP contribution in [-0.4, -0.2) is 6.61 Å². The van der Waals surface area contributed by atoms with E-state index in [-0.39, 0.29) is 0 Å². The maximum atomic E-state index is 5.99. The van der Waals surface area contributed by atoms with Gasteiger partial charge < -0.3 is 15.2 Å². The minimum atomic E-state index is 0.609. The van der Waals surface area contributed by atoms with Crippen molar-refractivity contribution in [3.63, 3.8) is 0 Å². The van der Waals surface area contributed by atoms with Gasteiger partial charge in [0.05, 0.1) is 12.3 Å². The van der Waals surface area contributed by atoms with Crippen LogP contribution < -0.4 is 15.2 Å². The van der Waals surface area contributed by atoms with Gasteiger partial charge in [0.25, 0.3) is 0 Å². The molecule has 0 fully saturated rings. The van der Waals surface area contributed by atoms with E-state index in [1.807, 2.05) is 38.1 Å². The first-order valence-corrected chi connectivity index (χ1v) is 6.94. The zero-order valence-electron chi connectivity index (χ0n) is 11.7. The number of nitrogen functional groups attached to an aromatic ring is 1. The number of nitrogens with two attached hydrogens (primary N) is 1. The number of aryl methyl sites for hydroxylation is 1. The summed E-state index contributed by atoms with van der Waals surface area (Å²) in [5.41, 5.74) is 7.45. The van der Waals surface area contributed by atoms with E-state index < -0.39 is 0 Å². The lowest BCUT2D eigenvalue weighted by atomic mass is 10.2. The summed E-state index contributed by atoms with van der Waals surface area (Å²) in [6, 6.07) is 10.9. The highest BCUT2D eigenvalue weighted by Gasteiger charge is 2.05. The van der Waals surface area contributed by atoms with E-state index in [2.05, 4.69) is 0 Å². The predicted molar refractivity (Wildman–Crippen MR) is 82.9 cm³/mol. The van der Waals surface area contributed by atoms with E-state index in [0.29, 0.717) is 23.8 Å². The average Bonchev–Trinajstić information content (AvgIpc) is 2.43. The second kappa shape index (κ2) is 6.53. The summed E-state index contributed by atoms with van der Waals surface area (Å²) in [4.78, 5) is 0. The quantitative estimate of drug-likeness (QED) is 0.804. The van der Waals surface area contributed by atoms with Crippen molar-refractivity contribution in [1.82, 2.24) is 0 Å². The Bertz CT molecular complexity index is 599. The normalized spacial score (nSPS) is 10.3. The number of hydrogen-bond donors (Lipinski definition) is 1. The lowest BCUT2D eigenvalue weighted by molar-refractivity contribution is 0.317. The van der Waals surface area contributed by atoms with Crippen LogP contribution in [0.4, 0.5) is 5.69 Å². The Kier molecular flexibility index (Phi) is 4.74. The van der Waals surface area contributed by atoms with Crippen LogP contribution in [0, 0.1) is 6.92 Å². The molecular formula is C16H18ClNO2. The Morgan fingerprint density at radius 2 is 1.80 bits per heavy atom. The first kappa shape index (κ1) is 14.5. The first-order valence-electron chi connectivity index (χ1n) is 6.56. The van der Waals surface area contributed by atoms with Crippen molar-refractivity contribution in [2.24, 2.45) is 0 Å². The van der Waals surface area contributed by atoms with Gasteiger partial charge in [-0.25, -0.2) is 0 Å². The van der Waals surface area contributed by atoms with E-state index in [4.69, 9.17) is 26.8 Å². The summed E-state index contributed by atoms with van der Waals surface area (Å²) in [5.74, 6) is 2.07. The van der Waals surface area contributed by atoms with Gasteiger partial charge in [-0.05, 0) is 49.2 Å². The van der Waals surface area contributed by atoms with Crippen LogP contribution in [-0.2, 0) is 0 Å². The van der Waals surface area contributed by atoms with Crippen LogP contribution in [0.15, 0.2) is 36.4 Å². The lowest BCUT2D eigenvalue weighted by Crippen LogP contribution is -1.99. The number of benzene rings is 2. The molecule has 0 aliphatic heterocycles. The molecule has 0 bridgehead atoms. The molecule has 0 aromatic heterocycles. The van der Waals surface area contributed by atoms with Crippen LogP contribution in [0.3, 0.4) is 0 Å². The standard InChI is InChI=1S/C16H18ClNO2/c1-3-8-19-16-10-13(5-7-15(16)18)20-12-4-6-14(17)11(2)9-12/h4-7,9-10H,3,8,18H2,1-2H3. The largest absolute Gasteiger partial charge is 0.491 e. The summed E-state index contributed by atoms with van der Waals surface area (Å²) >= 11 is 5.99. The van der Waals surface area contributed by atoms with Crippen molar-refractivity contribution in [3.8, 4) is 17.2 Å². The van der Waals surface area contributed by atoms with Gasteiger partial charge in [0.1, 0.15) is 17.2 Å². The fraction of sp³-hybridized carbons (Fsp3) is 0.250. The van der Waals surface area contributed by atoms with Gasteiger partial charge in [-0.15, -0.1) is 0 Å². The Morgan fingerprint density at radius 1 is 1.10 bits per heavy atom. The van der Waals surface area contributed by atoms with Crippen LogP contribution in [0.2, 0.25) is 5.02 Å². The highest BCUT2D eigenvalue weighted by molar-refractivity contribution is 6.31. The molecule has 3 nitrogen and oxygen atoms in total. The smallest absolute Gasteiger partial charge is 0.145 e. The van der Waals surface area contributed by atoms with Crippen molar-refractivity contribution in [3.05, 3.63) is 47.0 Å². The van der Waals surface area contributed by atoms with Crippen LogP contribution >= 0.6 is 11.6 Å². The molecule has 0 aliphatic carbocycles. The Morgan fingerprint density at radius 3 is 2.50 bits per heavy atom. The molecule has 2 N–H and O–H groups in total. The first-order chi connectivity index (χ1) is 9.60. The Balaban J connectivity index is 2.18. The molecule has 0 spiro atoms. The summed E-state index contributed by atoms with van der Waals surface area (Å²) < 4.78 is 11.4. The fourth-order valence-electron chi connectivity index (χ4n) is 1.73. The molecule has 4 heteroatoms. The summed E-state index contributed by atoms with van der Waals surface area (Å²) in [5, 5.41) is 0.724. The van der Waals surface area contributed by atoms with E-state index in [0.717, 1.165) is 22.8 Å². The van der Waals surface area contributed by atoms with Crippen LogP contribution in [0.5, 0.6) is 17.2 Å². The second-order valence-electron chi connectivity index (χ2n) is 4.56. The molecule has 0 radical (unpaired) electrons. The molecule has 0 atom stereocenters. The van der Waals surface area contributed by atoms with Crippen LogP contribution in [0.1, 0.15) is 18.9 Å². The maximum absolute atomic E-state index is 5.99. The molecule has 106 valence electrons. The minimum Gasteiger partial charge on any atom is -0.491 e. The molecule has 0 unspecified atom stereocenters. The van der Waals surface area contributed by atoms with Crippen molar-refractivity contribution in [1.29, 1.82) is 0 Å². The Labute approximate surface area is 124 Å². The van der Waals surface area contributed by atoms with Gasteiger partial charge >= 0.3 is 0 Å². The predicted octanol–water partition coefficient (Wildman–Crippen LogP) is 4.81. The molecular weight excluding hydrogens is 274 g/mol. The molecule has 0 saturated heterocycles. The molecule has 2 aromatic carbocycles. The van der Waals surface area contributed by atoms with Crippen LogP contribution in [0.25, 0.3) is 0 Å². The van der Waals surface area contributed by atoms with Gasteiger partial charge in [-0.1, -0.05) is 18.5 Å². The fourth-order valence-corrected chi connectivity index (χ4v) is 1.85. The van der Waals surface area contributed by atoms with E-state index >= 15 is 0 Å². The third-order valence-electron chi connectivity index (χ3n) is 2.81. The van der Waals surface area contributed by atoms with Gasteiger partial charge in [-0.2, -0.15) is 0 Å². The topological polar surface area (TPSA) is 44.5 Å². The number of ether oxygens (including phenoxy) is 2.